The lowest BCUT2D eigenvalue weighted by atomic mass is 9.83. The average molecular weight is 632 g/mol. The molecule has 0 saturated heterocycles. The summed E-state index contributed by atoms with van der Waals surface area (Å²) >= 11 is 6.73. The molecule has 0 fully saturated rings. The number of ether oxygens (including phenoxy) is 2. The van der Waals surface area contributed by atoms with E-state index in [0.717, 1.165) is 39.7 Å². The van der Waals surface area contributed by atoms with E-state index < -0.39 is 0 Å². The van der Waals surface area contributed by atoms with Gasteiger partial charge in [0.1, 0.15) is 6.61 Å². The van der Waals surface area contributed by atoms with Gasteiger partial charge in [0.2, 0.25) is 0 Å². The van der Waals surface area contributed by atoms with Crippen LogP contribution in [0.25, 0.3) is 11.8 Å². The quantitative estimate of drug-likeness (QED) is 0.176. The molecule has 4 aromatic rings. The maximum Gasteiger partial charge on any atom is 0.271 e. The summed E-state index contributed by atoms with van der Waals surface area (Å²) in [5.74, 6) is 1.18. The normalized spacial score (nSPS) is 16.1. The molecule has 8 heteroatoms. The molecular formula is C32H27BrN2O3S2. The number of thiazole rings is 1. The lowest BCUT2D eigenvalue weighted by Gasteiger charge is -2.30. The van der Waals surface area contributed by atoms with Crippen molar-refractivity contribution in [3.05, 3.63) is 125 Å². The van der Waals surface area contributed by atoms with Crippen LogP contribution in [-0.2, 0) is 6.42 Å². The van der Waals surface area contributed by atoms with Crippen molar-refractivity contribution < 1.29 is 9.47 Å². The van der Waals surface area contributed by atoms with Crippen LogP contribution in [0, 0.1) is 0 Å². The Bertz CT molecular complexity index is 1840. The van der Waals surface area contributed by atoms with Gasteiger partial charge in [0, 0.05) is 10.5 Å². The van der Waals surface area contributed by atoms with Crippen molar-refractivity contribution in [2.75, 3.05) is 20.0 Å². The van der Waals surface area contributed by atoms with Gasteiger partial charge in [0.15, 0.2) is 16.3 Å². The van der Waals surface area contributed by atoms with E-state index in [0.29, 0.717) is 27.4 Å². The number of hydrogen-bond donors (Lipinski definition) is 0. The molecule has 202 valence electrons. The monoisotopic (exact) mass is 630 g/mol. The van der Waals surface area contributed by atoms with Crippen molar-refractivity contribution in [1.82, 2.24) is 4.57 Å². The maximum absolute atomic E-state index is 14.1. The van der Waals surface area contributed by atoms with E-state index in [-0.39, 0.29) is 11.6 Å². The number of fused-ring (bicyclic) bond motifs is 3. The van der Waals surface area contributed by atoms with Crippen LogP contribution in [0.4, 0.5) is 0 Å². The molecule has 0 amide bonds. The maximum atomic E-state index is 14.1. The van der Waals surface area contributed by atoms with E-state index in [2.05, 4.69) is 77.3 Å². The van der Waals surface area contributed by atoms with Crippen LogP contribution in [0.1, 0.15) is 34.7 Å². The lowest BCUT2D eigenvalue weighted by Crippen LogP contribution is -2.38. The summed E-state index contributed by atoms with van der Waals surface area (Å²) in [6.07, 6.45) is 7.46. The van der Waals surface area contributed by atoms with E-state index in [1.165, 1.54) is 27.4 Å². The summed E-state index contributed by atoms with van der Waals surface area (Å²) in [4.78, 5) is 21.1. The van der Waals surface area contributed by atoms with Crippen molar-refractivity contribution in [2.45, 2.75) is 23.8 Å². The Balaban J connectivity index is 1.54. The van der Waals surface area contributed by atoms with Gasteiger partial charge < -0.3 is 9.47 Å². The molecule has 0 saturated carbocycles. The lowest BCUT2D eigenvalue weighted by molar-refractivity contribution is 0.324. The van der Waals surface area contributed by atoms with Gasteiger partial charge in [-0.2, -0.15) is 0 Å². The fraction of sp³-hybridized carbons (Fsp3) is 0.188. The van der Waals surface area contributed by atoms with E-state index in [1.807, 2.05) is 22.8 Å². The third-order valence-corrected chi connectivity index (χ3v) is 9.52. The first-order valence-electron chi connectivity index (χ1n) is 12.9. The number of benzene rings is 3. The van der Waals surface area contributed by atoms with Crippen LogP contribution in [0.5, 0.6) is 11.5 Å². The standard InChI is InChI=1S/C32H27BrN2O3S2/c1-4-15-38-30-25(33)16-19(17-26(30)37-2)18-27-31(36)35-29(21-9-12-22(39-3)13-10-21)24-14-11-20-7-5-6-8-23(20)28(24)34-32(35)40-27/h4-10,12-13,16-18,29H,1,11,14-15H2,2-3H3. The number of thioether (sulfide) groups is 1. The minimum absolute atomic E-state index is 0.0461. The zero-order chi connectivity index (χ0) is 27.8. The van der Waals surface area contributed by atoms with Gasteiger partial charge in [-0.25, -0.2) is 4.99 Å². The second-order valence-corrected chi connectivity index (χ2v) is 12.3. The number of methoxy groups -OCH3 is 1. The summed E-state index contributed by atoms with van der Waals surface area (Å²) in [6, 6.07) is 20.6. The molecule has 1 aliphatic carbocycles. The number of allylic oxidation sites excluding steroid dienone is 1. The molecule has 2 aliphatic rings. The van der Waals surface area contributed by atoms with Gasteiger partial charge >= 0.3 is 0 Å². The van der Waals surface area contributed by atoms with Gasteiger partial charge in [0.25, 0.3) is 5.56 Å². The highest BCUT2D eigenvalue weighted by molar-refractivity contribution is 9.10. The van der Waals surface area contributed by atoms with Crippen molar-refractivity contribution in [1.29, 1.82) is 0 Å². The largest absolute Gasteiger partial charge is 0.493 e. The predicted octanol–water partition coefficient (Wildman–Crippen LogP) is 6.38. The van der Waals surface area contributed by atoms with Crippen LogP contribution in [0.2, 0.25) is 0 Å². The van der Waals surface area contributed by atoms with E-state index in [1.54, 1.807) is 24.9 Å². The smallest absolute Gasteiger partial charge is 0.271 e. The highest BCUT2D eigenvalue weighted by atomic mass is 79.9. The van der Waals surface area contributed by atoms with E-state index >= 15 is 0 Å². The third-order valence-electron chi connectivity index (χ3n) is 7.20. The molecule has 1 aliphatic heterocycles. The number of aryl methyl sites for hydroxylation is 1. The van der Waals surface area contributed by atoms with Crippen molar-refractivity contribution in [3.8, 4) is 11.5 Å². The van der Waals surface area contributed by atoms with E-state index in [9.17, 15) is 4.79 Å². The predicted molar refractivity (Wildman–Crippen MR) is 167 cm³/mol. The fourth-order valence-corrected chi connectivity index (χ4v) is 7.35. The van der Waals surface area contributed by atoms with Gasteiger partial charge in [-0.1, -0.05) is 60.4 Å². The van der Waals surface area contributed by atoms with Gasteiger partial charge in [-0.05, 0) is 87.6 Å². The van der Waals surface area contributed by atoms with Crippen LogP contribution >= 0.6 is 39.0 Å². The van der Waals surface area contributed by atoms with Gasteiger partial charge in [-0.15, -0.1) is 11.8 Å². The Hall–Kier alpha value is -3.33. The van der Waals surface area contributed by atoms with Crippen molar-refractivity contribution >= 4 is 50.8 Å². The molecule has 2 heterocycles. The molecule has 1 atom stereocenters. The second-order valence-electron chi connectivity index (χ2n) is 9.52. The Kier molecular flexibility index (Phi) is 7.57. The van der Waals surface area contributed by atoms with E-state index in [4.69, 9.17) is 14.5 Å². The van der Waals surface area contributed by atoms with Gasteiger partial charge in [-0.3, -0.25) is 9.36 Å². The molecule has 1 unspecified atom stereocenters. The molecule has 1 aromatic heterocycles. The van der Waals surface area contributed by atoms with Crippen LogP contribution in [0.15, 0.2) is 98.0 Å². The summed E-state index contributed by atoms with van der Waals surface area (Å²) in [5.41, 5.74) is 6.54. The van der Waals surface area contributed by atoms with Gasteiger partial charge in [0.05, 0.1) is 27.9 Å². The zero-order valence-corrected chi connectivity index (χ0v) is 25.4. The number of nitrogens with zero attached hydrogens (tertiary/aromatic N) is 2. The highest BCUT2D eigenvalue weighted by Gasteiger charge is 2.32. The van der Waals surface area contributed by atoms with Crippen molar-refractivity contribution in [2.24, 2.45) is 4.99 Å². The Morgan fingerprint density at radius 1 is 1.18 bits per heavy atom. The topological polar surface area (TPSA) is 52.8 Å². The fourth-order valence-electron chi connectivity index (χ4n) is 5.37. The number of halogens is 1. The SMILES string of the molecule is C=CCOc1c(Br)cc(C=c2sc3n(c2=O)C(c2ccc(SC)cc2)C2=C(N=3)c3ccccc3CC2)cc1OC. The highest BCUT2D eigenvalue weighted by Crippen LogP contribution is 2.41. The third kappa shape index (κ3) is 4.78. The second kappa shape index (κ2) is 11.3. The van der Waals surface area contributed by atoms with Crippen LogP contribution in [-0.4, -0.2) is 24.5 Å². The molecule has 0 N–H and O–H groups in total. The number of rotatable bonds is 7. The molecule has 0 bridgehead atoms. The minimum Gasteiger partial charge on any atom is -0.493 e. The minimum atomic E-state index is -0.200. The average Bonchev–Trinajstić information content (AvgIpc) is 3.29. The molecule has 0 radical (unpaired) electrons. The molecule has 3 aromatic carbocycles. The molecule has 5 nitrogen and oxygen atoms in total. The first-order valence-corrected chi connectivity index (χ1v) is 15.7. The van der Waals surface area contributed by atoms with Crippen molar-refractivity contribution in [3.63, 3.8) is 0 Å². The first kappa shape index (κ1) is 26.9. The molecular weight excluding hydrogens is 604 g/mol. The summed E-state index contributed by atoms with van der Waals surface area (Å²) < 4.78 is 14.6. The van der Waals surface area contributed by atoms with Crippen LogP contribution < -0.4 is 24.4 Å². The van der Waals surface area contributed by atoms with Crippen LogP contribution in [0.3, 0.4) is 0 Å². The summed E-state index contributed by atoms with van der Waals surface area (Å²) in [5, 5.41) is 0. The number of aromatic nitrogens is 1. The first-order chi connectivity index (χ1) is 19.5. The molecule has 40 heavy (non-hydrogen) atoms. The Morgan fingerprint density at radius 3 is 2.73 bits per heavy atom. The molecule has 0 spiro atoms. The Labute approximate surface area is 249 Å². The molecule has 6 rings (SSSR count). The zero-order valence-electron chi connectivity index (χ0n) is 22.1. The summed E-state index contributed by atoms with van der Waals surface area (Å²) in [6.45, 7) is 4.08. The number of hydrogen-bond acceptors (Lipinski definition) is 6. The Morgan fingerprint density at radius 2 is 1.98 bits per heavy atom. The summed E-state index contributed by atoms with van der Waals surface area (Å²) in [7, 11) is 1.60.